The molecule has 0 aliphatic carbocycles. The van der Waals surface area contributed by atoms with Crippen LogP contribution in [0.2, 0.25) is 0 Å². The molecule has 0 spiro atoms. The van der Waals surface area contributed by atoms with Crippen molar-refractivity contribution in [1.82, 2.24) is 4.72 Å². The largest absolute Gasteiger partial charge is 0.443 e. The summed E-state index contributed by atoms with van der Waals surface area (Å²) in [6, 6.07) is 3.66. The van der Waals surface area contributed by atoms with Crippen molar-refractivity contribution in [2.24, 2.45) is 0 Å². The molecular formula is C9H12N2O4S2. The van der Waals surface area contributed by atoms with Crippen molar-refractivity contribution in [3.63, 3.8) is 0 Å². The van der Waals surface area contributed by atoms with Crippen LogP contribution >= 0.6 is 11.3 Å². The molecule has 0 aromatic carbocycles. The maximum atomic E-state index is 11.5. The molecule has 1 fully saturated rings. The first-order valence-electron chi connectivity index (χ1n) is 4.92. The van der Waals surface area contributed by atoms with E-state index in [1.165, 1.54) is 16.2 Å². The summed E-state index contributed by atoms with van der Waals surface area (Å²) in [5.41, 5.74) is 0. The van der Waals surface area contributed by atoms with Gasteiger partial charge < -0.3 is 4.74 Å². The molecule has 1 N–H and O–H groups in total. The minimum Gasteiger partial charge on any atom is -0.443 e. The average Bonchev–Trinajstić information content (AvgIpc) is 2.82. The number of anilines is 1. The van der Waals surface area contributed by atoms with E-state index in [4.69, 9.17) is 4.74 Å². The molecule has 1 amide bonds. The van der Waals surface area contributed by atoms with E-state index in [-0.39, 0.29) is 6.54 Å². The summed E-state index contributed by atoms with van der Waals surface area (Å²) >= 11 is 1.44. The van der Waals surface area contributed by atoms with Crippen LogP contribution in [-0.4, -0.2) is 40.0 Å². The summed E-state index contributed by atoms with van der Waals surface area (Å²) in [5, 5.41) is 2.67. The quantitative estimate of drug-likeness (QED) is 0.875. The van der Waals surface area contributed by atoms with Crippen LogP contribution in [0.15, 0.2) is 17.5 Å². The third-order valence-electron chi connectivity index (χ3n) is 2.22. The van der Waals surface area contributed by atoms with Crippen LogP contribution in [0.5, 0.6) is 0 Å². The van der Waals surface area contributed by atoms with Gasteiger partial charge in [0.05, 0.1) is 12.8 Å². The molecule has 0 bridgehead atoms. The van der Waals surface area contributed by atoms with Crippen molar-refractivity contribution >= 4 is 32.5 Å². The number of amides is 1. The summed E-state index contributed by atoms with van der Waals surface area (Å²) in [4.78, 5) is 13.0. The van der Waals surface area contributed by atoms with Gasteiger partial charge in [0.1, 0.15) is 11.1 Å². The number of rotatable bonds is 4. The van der Waals surface area contributed by atoms with Crippen LogP contribution in [0.1, 0.15) is 0 Å². The first-order valence-corrected chi connectivity index (χ1v) is 7.69. The second-order valence-electron chi connectivity index (χ2n) is 3.69. The summed E-state index contributed by atoms with van der Waals surface area (Å²) in [6.45, 7) is 0.467. The minimum absolute atomic E-state index is 0.104. The van der Waals surface area contributed by atoms with Crippen LogP contribution in [0.4, 0.5) is 9.80 Å². The number of carbonyl (C=O) groups excluding carboxylic acids is 1. The third kappa shape index (κ3) is 3.18. The van der Waals surface area contributed by atoms with Crippen molar-refractivity contribution in [2.75, 3.05) is 24.2 Å². The third-order valence-corrected chi connectivity index (χ3v) is 3.80. The lowest BCUT2D eigenvalue weighted by atomic mass is 10.3. The molecule has 17 heavy (non-hydrogen) atoms. The number of carbonyl (C=O) groups is 1. The molecule has 1 unspecified atom stereocenters. The molecule has 1 aromatic rings. The Morgan fingerprint density at radius 3 is 3.00 bits per heavy atom. The van der Waals surface area contributed by atoms with E-state index < -0.39 is 22.2 Å². The van der Waals surface area contributed by atoms with Crippen LogP contribution in [-0.2, 0) is 14.8 Å². The Balaban J connectivity index is 1.96. The van der Waals surface area contributed by atoms with Gasteiger partial charge in [-0.3, -0.25) is 4.90 Å². The number of hydrogen-bond acceptors (Lipinski definition) is 5. The lowest BCUT2D eigenvalue weighted by Crippen LogP contribution is -2.33. The molecule has 1 atom stereocenters. The van der Waals surface area contributed by atoms with E-state index in [1.807, 2.05) is 17.5 Å². The van der Waals surface area contributed by atoms with Gasteiger partial charge in [-0.05, 0) is 17.5 Å². The van der Waals surface area contributed by atoms with Gasteiger partial charge >= 0.3 is 6.09 Å². The van der Waals surface area contributed by atoms with E-state index in [1.54, 1.807) is 0 Å². The minimum atomic E-state index is -3.26. The SMILES string of the molecule is CS(=O)(=O)NCC1CN(c2cccs2)C(=O)O1. The number of ether oxygens (including phenoxy) is 1. The summed E-state index contributed by atoms with van der Waals surface area (Å²) < 4.78 is 29.2. The zero-order chi connectivity index (χ0) is 12.5. The highest BCUT2D eigenvalue weighted by Gasteiger charge is 2.33. The van der Waals surface area contributed by atoms with Crippen LogP contribution < -0.4 is 9.62 Å². The fourth-order valence-electron chi connectivity index (χ4n) is 1.48. The zero-order valence-electron chi connectivity index (χ0n) is 9.12. The van der Waals surface area contributed by atoms with Crippen molar-refractivity contribution in [1.29, 1.82) is 0 Å². The second kappa shape index (κ2) is 4.63. The second-order valence-corrected chi connectivity index (χ2v) is 6.45. The Kier molecular flexibility index (Phi) is 3.36. The normalized spacial score (nSPS) is 20.6. The Bertz CT molecular complexity index is 497. The van der Waals surface area contributed by atoms with Crippen LogP contribution in [0.25, 0.3) is 0 Å². The molecular weight excluding hydrogens is 264 g/mol. The fourth-order valence-corrected chi connectivity index (χ4v) is 2.69. The maximum absolute atomic E-state index is 11.5. The van der Waals surface area contributed by atoms with Crippen molar-refractivity contribution < 1.29 is 17.9 Å². The predicted molar refractivity (Wildman–Crippen MR) is 64.8 cm³/mol. The molecule has 1 aromatic heterocycles. The van der Waals surface area contributed by atoms with E-state index in [0.29, 0.717) is 6.54 Å². The molecule has 1 saturated heterocycles. The topological polar surface area (TPSA) is 75.7 Å². The lowest BCUT2D eigenvalue weighted by Gasteiger charge is -2.09. The Labute approximate surface area is 103 Å². The summed E-state index contributed by atoms with van der Waals surface area (Å²) in [5.74, 6) is 0. The van der Waals surface area contributed by atoms with Gasteiger partial charge in [-0.2, -0.15) is 0 Å². The smallest absolute Gasteiger partial charge is 0.415 e. The lowest BCUT2D eigenvalue weighted by molar-refractivity contribution is 0.143. The standard InChI is InChI=1S/C9H12N2O4S2/c1-17(13,14)10-5-7-6-11(9(12)15-7)8-3-2-4-16-8/h2-4,7,10H,5-6H2,1H3. The Hall–Kier alpha value is -1.12. The van der Waals surface area contributed by atoms with Crippen LogP contribution in [0.3, 0.4) is 0 Å². The maximum Gasteiger partial charge on any atom is 0.415 e. The number of cyclic esters (lactones) is 1. The highest BCUT2D eigenvalue weighted by Crippen LogP contribution is 2.25. The predicted octanol–water partition coefficient (Wildman–Crippen LogP) is 0.623. The number of sulfonamides is 1. The molecule has 94 valence electrons. The van der Waals surface area contributed by atoms with Gasteiger partial charge in [0, 0.05) is 6.54 Å². The Morgan fingerprint density at radius 1 is 1.65 bits per heavy atom. The van der Waals surface area contributed by atoms with Crippen molar-refractivity contribution in [3.8, 4) is 0 Å². The van der Waals surface area contributed by atoms with Gasteiger partial charge in [-0.15, -0.1) is 11.3 Å². The molecule has 8 heteroatoms. The monoisotopic (exact) mass is 276 g/mol. The number of nitrogens with zero attached hydrogens (tertiary/aromatic N) is 1. The van der Waals surface area contributed by atoms with Crippen molar-refractivity contribution in [2.45, 2.75) is 6.10 Å². The van der Waals surface area contributed by atoms with E-state index in [2.05, 4.69) is 4.72 Å². The van der Waals surface area contributed by atoms with E-state index >= 15 is 0 Å². The highest BCUT2D eigenvalue weighted by molar-refractivity contribution is 7.88. The first kappa shape index (κ1) is 12.3. The first-order chi connectivity index (χ1) is 7.96. The average molecular weight is 276 g/mol. The molecule has 0 saturated carbocycles. The number of thiophene rings is 1. The number of nitrogens with one attached hydrogen (secondary N) is 1. The molecule has 1 aliphatic rings. The van der Waals surface area contributed by atoms with E-state index in [9.17, 15) is 13.2 Å². The van der Waals surface area contributed by atoms with Crippen LogP contribution in [0, 0.1) is 0 Å². The molecule has 1 aliphatic heterocycles. The van der Waals surface area contributed by atoms with Crippen molar-refractivity contribution in [3.05, 3.63) is 17.5 Å². The fraction of sp³-hybridized carbons (Fsp3) is 0.444. The summed E-state index contributed by atoms with van der Waals surface area (Å²) in [7, 11) is -3.26. The Morgan fingerprint density at radius 2 is 2.41 bits per heavy atom. The summed E-state index contributed by atoms with van der Waals surface area (Å²) in [6.07, 6.45) is 0.188. The van der Waals surface area contributed by atoms with Gasteiger partial charge in [0.15, 0.2) is 0 Å². The molecule has 6 nitrogen and oxygen atoms in total. The molecule has 2 rings (SSSR count). The zero-order valence-corrected chi connectivity index (χ0v) is 10.8. The molecule has 2 heterocycles. The van der Waals surface area contributed by atoms with Gasteiger partial charge in [0.25, 0.3) is 0 Å². The molecule has 0 radical (unpaired) electrons. The van der Waals surface area contributed by atoms with Gasteiger partial charge in [0.2, 0.25) is 10.0 Å². The number of hydrogen-bond donors (Lipinski definition) is 1. The van der Waals surface area contributed by atoms with Gasteiger partial charge in [-0.1, -0.05) is 0 Å². The van der Waals surface area contributed by atoms with Gasteiger partial charge in [-0.25, -0.2) is 17.9 Å². The highest BCUT2D eigenvalue weighted by atomic mass is 32.2. The van der Waals surface area contributed by atoms with E-state index in [0.717, 1.165) is 11.3 Å².